The minimum atomic E-state index is -0.473. The zero-order valence-corrected chi connectivity index (χ0v) is 18.0. The molecule has 3 rings (SSSR count). The quantitative estimate of drug-likeness (QED) is 0.578. The van der Waals surface area contributed by atoms with Gasteiger partial charge in [-0.15, -0.1) is 0 Å². The number of anilines is 1. The molecule has 9 heteroatoms. The fourth-order valence-electron chi connectivity index (χ4n) is 2.89. The lowest BCUT2D eigenvalue weighted by Crippen LogP contribution is -2.27. The highest BCUT2D eigenvalue weighted by atomic mass is 32.1. The second-order valence-corrected chi connectivity index (χ2v) is 7.87. The second kappa shape index (κ2) is 9.08. The molecule has 0 saturated heterocycles. The summed E-state index contributed by atoms with van der Waals surface area (Å²) >= 11 is 1.04. The summed E-state index contributed by atoms with van der Waals surface area (Å²) < 4.78 is 12.0. The van der Waals surface area contributed by atoms with Crippen molar-refractivity contribution in [1.29, 1.82) is 0 Å². The molecule has 2 heterocycles. The lowest BCUT2D eigenvalue weighted by molar-refractivity contribution is -0.116. The Labute approximate surface area is 177 Å². The van der Waals surface area contributed by atoms with Gasteiger partial charge in [-0.05, 0) is 57.3 Å². The van der Waals surface area contributed by atoms with Gasteiger partial charge in [-0.3, -0.25) is 9.59 Å². The molecule has 1 amide bonds. The maximum Gasteiger partial charge on any atom is 0.350 e. The number of pyridine rings is 1. The number of thiazole rings is 1. The first-order chi connectivity index (χ1) is 14.3. The SMILES string of the molecule is CCOC(=O)c1sc(NC(=O)Cn2ccc3cc(OC(C)C)ccc3c2=O)nc1C. The Bertz CT molecular complexity index is 1150. The van der Waals surface area contributed by atoms with Gasteiger partial charge in [-0.2, -0.15) is 0 Å². The van der Waals surface area contributed by atoms with E-state index < -0.39 is 11.9 Å². The number of nitrogens with one attached hydrogen (secondary N) is 1. The van der Waals surface area contributed by atoms with Gasteiger partial charge in [0.15, 0.2) is 5.13 Å². The maximum atomic E-state index is 12.7. The van der Waals surface area contributed by atoms with Crippen molar-refractivity contribution in [3.63, 3.8) is 0 Å². The fourth-order valence-corrected chi connectivity index (χ4v) is 3.76. The number of amides is 1. The number of aromatic nitrogens is 2. The Balaban J connectivity index is 1.75. The van der Waals surface area contributed by atoms with Crippen molar-refractivity contribution in [3.8, 4) is 5.75 Å². The molecule has 0 bridgehead atoms. The molecule has 2 aromatic heterocycles. The van der Waals surface area contributed by atoms with Crippen LogP contribution in [0.2, 0.25) is 0 Å². The molecule has 0 aliphatic heterocycles. The Kier molecular flexibility index (Phi) is 6.51. The summed E-state index contributed by atoms with van der Waals surface area (Å²) in [6.07, 6.45) is 1.60. The number of hydrogen-bond donors (Lipinski definition) is 1. The van der Waals surface area contributed by atoms with E-state index in [2.05, 4.69) is 10.3 Å². The number of hydrogen-bond acceptors (Lipinski definition) is 7. The number of aryl methyl sites for hydroxylation is 1. The van der Waals surface area contributed by atoms with Crippen LogP contribution in [-0.4, -0.2) is 34.1 Å². The van der Waals surface area contributed by atoms with Crippen molar-refractivity contribution in [2.45, 2.75) is 40.3 Å². The first-order valence-electron chi connectivity index (χ1n) is 9.52. The topological polar surface area (TPSA) is 99.5 Å². The predicted molar refractivity (Wildman–Crippen MR) is 115 cm³/mol. The van der Waals surface area contributed by atoms with Crippen molar-refractivity contribution >= 4 is 39.1 Å². The first kappa shape index (κ1) is 21.5. The number of rotatable bonds is 7. The Morgan fingerprint density at radius 3 is 2.73 bits per heavy atom. The highest BCUT2D eigenvalue weighted by Crippen LogP contribution is 2.23. The van der Waals surface area contributed by atoms with Crippen molar-refractivity contribution in [3.05, 3.63) is 51.4 Å². The molecule has 0 aliphatic carbocycles. The molecule has 0 spiro atoms. The van der Waals surface area contributed by atoms with E-state index >= 15 is 0 Å². The molecular formula is C21H23N3O5S. The summed E-state index contributed by atoms with van der Waals surface area (Å²) in [7, 11) is 0. The Morgan fingerprint density at radius 1 is 1.27 bits per heavy atom. The normalized spacial score (nSPS) is 11.0. The van der Waals surface area contributed by atoms with Crippen LogP contribution in [0.3, 0.4) is 0 Å². The number of carbonyl (C=O) groups is 2. The van der Waals surface area contributed by atoms with Gasteiger partial charge in [-0.25, -0.2) is 9.78 Å². The molecule has 0 radical (unpaired) electrons. The Hall–Kier alpha value is -3.20. The molecule has 8 nitrogen and oxygen atoms in total. The van der Waals surface area contributed by atoms with Crippen molar-refractivity contribution in [2.75, 3.05) is 11.9 Å². The van der Waals surface area contributed by atoms with E-state index in [1.165, 1.54) is 4.57 Å². The minimum absolute atomic E-state index is 0.0327. The van der Waals surface area contributed by atoms with Gasteiger partial charge in [0.25, 0.3) is 5.56 Å². The van der Waals surface area contributed by atoms with Crippen LogP contribution in [0, 0.1) is 6.92 Å². The summed E-state index contributed by atoms with van der Waals surface area (Å²) in [5.74, 6) is -0.205. The van der Waals surface area contributed by atoms with Gasteiger partial charge in [0, 0.05) is 11.6 Å². The number of esters is 1. The standard InChI is InChI=1S/C21H23N3O5S/c1-5-28-20(27)18-13(4)22-21(30-18)23-17(25)11-24-9-8-14-10-15(29-12(2)3)6-7-16(14)19(24)26/h6-10,12H,5,11H2,1-4H3,(H,22,23,25). The molecule has 1 aromatic carbocycles. The molecule has 0 unspecified atom stereocenters. The molecular weight excluding hydrogens is 406 g/mol. The summed E-state index contributed by atoms with van der Waals surface area (Å²) in [5.41, 5.74) is 0.206. The third-order valence-electron chi connectivity index (χ3n) is 4.14. The van der Waals surface area contributed by atoms with Gasteiger partial charge in [0.2, 0.25) is 5.91 Å². The zero-order valence-electron chi connectivity index (χ0n) is 17.2. The largest absolute Gasteiger partial charge is 0.491 e. The third kappa shape index (κ3) is 4.85. The fraction of sp³-hybridized carbons (Fsp3) is 0.333. The van der Waals surface area contributed by atoms with Crippen molar-refractivity contribution in [2.24, 2.45) is 0 Å². The molecule has 0 fully saturated rings. The highest BCUT2D eigenvalue weighted by molar-refractivity contribution is 7.17. The average Bonchev–Trinajstić information content (AvgIpc) is 3.04. The predicted octanol–water partition coefficient (Wildman–Crippen LogP) is 3.37. The molecule has 0 atom stereocenters. The lowest BCUT2D eigenvalue weighted by Gasteiger charge is -2.11. The van der Waals surface area contributed by atoms with Gasteiger partial charge < -0.3 is 19.4 Å². The van der Waals surface area contributed by atoms with Crippen LogP contribution in [0.15, 0.2) is 35.3 Å². The van der Waals surface area contributed by atoms with Gasteiger partial charge in [-0.1, -0.05) is 11.3 Å². The summed E-state index contributed by atoms with van der Waals surface area (Å²) in [4.78, 5) is 41.6. The van der Waals surface area contributed by atoms with Crippen LogP contribution in [0.5, 0.6) is 5.75 Å². The van der Waals surface area contributed by atoms with Crippen LogP contribution in [-0.2, 0) is 16.1 Å². The number of ether oxygens (including phenoxy) is 2. The van der Waals surface area contributed by atoms with E-state index in [-0.39, 0.29) is 29.9 Å². The first-order valence-corrected chi connectivity index (χ1v) is 10.3. The number of fused-ring (bicyclic) bond motifs is 1. The van der Waals surface area contributed by atoms with Gasteiger partial charge in [0.1, 0.15) is 17.2 Å². The summed E-state index contributed by atoms with van der Waals surface area (Å²) in [6, 6.07) is 7.00. The van der Waals surface area contributed by atoms with Crippen molar-refractivity contribution < 1.29 is 19.1 Å². The van der Waals surface area contributed by atoms with E-state index in [1.54, 1.807) is 44.3 Å². The van der Waals surface area contributed by atoms with Crippen LogP contribution in [0.4, 0.5) is 5.13 Å². The number of carbonyl (C=O) groups excluding carboxylic acids is 2. The highest BCUT2D eigenvalue weighted by Gasteiger charge is 2.18. The third-order valence-corrected chi connectivity index (χ3v) is 5.19. The van der Waals surface area contributed by atoms with Crippen LogP contribution >= 0.6 is 11.3 Å². The maximum absolute atomic E-state index is 12.7. The monoisotopic (exact) mass is 429 g/mol. The Morgan fingerprint density at radius 2 is 2.03 bits per heavy atom. The van der Waals surface area contributed by atoms with Crippen LogP contribution < -0.4 is 15.6 Å². The molecule has 0 saturated carbocycles. The minimum Gasteiger partial charge on any atom is -0.491 e. The van der Waals surface area contributed by atoms with Crippen molar-refractivity contribution in [1.82, 2.24) is 9.55 Å². The van der Waals surface area contributed by atoms with E-state index in [1.807, 2.05) is 13.8 Å². The van der Waals surface area contributed by atoms with E-state index in [4.69, 9.17) is 9.47 Å². The molecule has 3 aromatic rings. The van der Waals surface area contributed by atoms with Crippen LogP contribution in [0.25, 0.3) is 10.8 Å². The average molecular weight is 429 g/mol. The summed E-state index contributed by atoms with van der Waals surface area (Å²) in [5, 5.41) is 4.15. The lowest BCUT2D eigenvalue weighted by atomic mass is 10.1. The summed E-state index contributed by atoms with van der Waals surface area (Å²) in [6.45, 7) is 7.33. The number of benzene rings is 1. The zero-order chi connectivity index (χ0) is 21.8. The van der Waals surface area contributed by atoms with Crippen LogP contribution in [0.1, 0.15) is 36.1 Å². The number of nitrogens with zero attached hydrogens (tertiary/aromatic N) is 2. The van der Waals surface area contributed by atoms with Gasteiger partial charge in [0.05, 0.1) is 18.4 Å². The molecule has 0 aliphatic rings. The van der Waals surface area contributed by atoms with Gasteiger partial charge >= 0.3 is 5.97 Å². The molecule has 1 N–H and O–H groups in total. The second-order valence-electron chi connectivity index (χ2n) is 6.87. The smallest absolute Gasteiger partial charge is 0.350 e. The van der Waals surface area contributed by atoms with E-state index in [0.29, 0.717) is 21.7 Å². The molecule has 30 heavy (non-hydrogen) atoms. The van der Waals surface area contributed by atoms with E-state index in [9.17, 15) is 14.4 Å². The molecule has 158 valence electrons. The van der Waals surface area contributed by atoms with E-state index in [0.717, 1.165) is 16.7 Å².